The summed E-state index contributed by atoms with van der Waals surface area (Å²) in [6, 6.07) is 75.8. The van der Waals surface area contributed by atoms with Gasteiger partial charge in [0.2, 0.25) is 16.6 Å². The van der Waals surface area contributed by atoms with Crippen LogP contribution in [-0.4, -0.2) is 57.3 Å². The van der Waals surface area contributed by atoms with E-state index in [1.807, 2.05) is 24.3 Å². The molecule has 8 aromatic carbocycles. The highest BCUT2D eigenvalue weighted by molar-refractivity contribution is 7.05. The third-order valence-electron chi connectivity index (χ3n) is 14.3. The third-order valence-corrected chi connectivity index (χ3v) is 27.4. The molecule has 4 aliphatic rings. The Hall–Kier alpha value is -8.31. The number of rotatable bonds is 8. The Morgan fingerprint density at radius 3 is 0.930 bits per heavy atom. The van der Waals surface area contributed by atoms with Crippen LogP contribution in [0.15, 0.2) is 248 Å². The number of hydrogen-bond donors (Lipinski definition) is 0. The zero-order valence-corrected chi connectivity index (χ0v) is 41.7. The molecule has 0 saturated heterocycles. The van der Waals surface area contributed by atoms with Crippen LogP contribution >= 0.6 is 0 Å². The van der Waals surface area contributed by atoms with E-state index in [9.17, 15) is 0 Å². The molecule has 2 aromatic heterocycles. The SMILES string of the molecule is C[Si](O[Si]1(O[Si](C)(c2ccccc2)c2ccccc2)n2c3c4ccccc4c2N=C2N=C(N=c4c5ccccc5c(n41)=NC1=NC(=N3)c3ccccc31)c1ccccc12)(c1ccccc1)c1ccccc1. The lowest BCUT2D eigenvalue weighted by molar-refractivity contribution is 0.348. The number of hydrogen-bond acceptors (Lipinski definition) is 8. The zero-order valence-electron chi connectivity index (χ0n) is 38.7. The molecular formula is C58H42N8O2Si3. The summed E-state index contributed by atoms with van der Waals surface area (Å²) in [5.41, 5.74) is 4.71. The molecule has 0 unspecified atom stereocenters. The monoisotopic (exact) mass is 966 g/mol. The first-order valence-corrected chi connectivity index (χ1v) is 30.3. The van der Waals surface area contributed by atoms with Gasteiger partial charge in [0.1, 0.15) is 22.6 Å². The van der Waals surface area contributed by atoms with Crippen molar-refractivity contribution < 1.29 is 8.23 Å². The average molecular weight is 967 g/mol. The summed E-state index contributed by atoms with van der Waals surface area (Å²) in [5.74, 6) is 3.35. The predicted molar refractivity (Wildman–Crippen MR) is 291 cm³/mol. The summed E-state index contributed by atoms with van der Waals surface area (Å²) in [6.45, 7) is 4.60. The molecular weight excluding hydrogens is 925 g/mol. The van der Waals surface area contributed by atoms with E-state index in [-0.39, 0.29) is 0 Å². The second kappa shape index (κ2) is 15.9. The van der Waals surface area contributed by atoms with Crippen molar-refractivity contribution in [3.05, 3.63) is 252 Å². The van der Waals surface area contributed by atoms with Crippen molar-refractivity contribution in [1.82, 2.24) is 8.47 Å². The number of aromatic nitrogens is 2. The molecule has 0 spiro atoms. The van der Waals surface area contributed by atoms with Crippen LogP contribution in [0.3, 0.4) is 0 Å². The standard InChI is InChI=1S/C58H42N8O2Si3/c1-69(39-23-7-3-8-24-39,40-25-9-4-10-26-40)67-71(68-70(2,41-27-11-5-12-28-41)42-29-13-6-14-30-42)65-55-47-35-19-20-36-48(47)57(65)63-53-45-33-17-18-34-46(45)54(60-53)64-58-50-38-22-21-37-49(50)56(66(58)71)62-52-44-32-16-15-31-43(44)51(59-52)61-55/h3-38H,1-2H3. The minimum atomic E-state index is -4.77. The first-order chi connectivity index (χ1) is 34.9. The largest absolute Gasteiger partial charge is 0.583 e. The Bertz CT molecular complexity index is 3760. The van der Waals surface area contributed by atoms with E-state index in [0.717, 1.165) is 64.5 Å². The molecule has 13 heteroatoms. The maximum Gasteiger partial charge on any atom is 0.583 e. The van der Waals surface area contributed by atoms with Gasteiger partial charge in [-0.05, 0) is 33.8 Å². The van der Waals surface area contributed by atoms with Crippen molar-refractivity contribution >= 4 is 103 Å². The highest BCUT2D eigenvalue weighted by Crippen LogP contribution is 2.45. The minimum Gasteiger partial charge on any atom is -0.395 e. The molecule has 10 nitrogen and oxygen atoms in total. The summed E-state index contributed by atoms with van der Waals surface area (Å²) in [7, 11) is -11.8. The van der Waals surface area contributed by atoms with Crippen LogP contribution in [0.25, 0.3) is 21.5 Å². The van der Waals surface area contributed by atoms with E-state index in [2.05, 4.69) is 216 Å². The second-order valence-corrected chi connectivity index (χ2v) is 28.5. The van der Waals surface area contributed by atoms with E-state index in [0.29, 0.717) is 46.0 Å². The molecule has 0 N–H and O–H groups in total. The Kier molecular flexibility index (Phi) is 9.30. The van der Waals surface area contributed by atoms with Crippen LogP contribution in [0.4, 0.5) is 11.6 Å². The molecule has 6 bridgehead atoms. The van der Waals surface area contributed by atoms with E-state index in [1.165, 1.54) is 0 Å². The highest BCUT2D eigenvalue weighted by Gasteiger charge is 2.61. The van der Waals surface area contributed by atoms with E-state index in [1.54, 1.807) is 0 Å². The molecule has 10 aromatic rings. The fourth-order valence-corrected chi connectivity index (χ4v) is 24.8. The number of aliphatic imine (C=N–C) groups is 4. The lowest BCUT2D eigenvalue weighted by Gasteiger charge is -2.45. The van der Waals surface area contributed by atoms with Gasteiger partial charge in [-0.25, -0.2) is 30.0 Å². The van der Waals surface area contributed by atoms with Crippen LogP contribution in [0.2, 0.25) is 13.1 Å². The molecule has 4 aliphatic heterocycles. The molecule has 0 fully saturated rings. The molecule has 0 amide bonds. The van der Waals surface area contributed by atoms with Crippen LogP contribution in [0.1, 0.15) is 22.3 Å². The van der Waals surface area contributed by atoms with Crippen LogP contribution in [0.5, 0.6) is 0 Å². The van der Waals surface area contributed by atoms with E-state index < -0.39 is 25.5 Å². The Morgan fingerprint density at radius 2 is 0.592 bits per heavy atom. The van der Waals surface area contributed by atoms with Gasteiger partial charge < -0.3 is 8.23 Å². The molecule has 6 heterocycles. The average Bonchev–Trinajstić information content (AvgIpc) is 4.15. The lowest BCUT2D eigenvalue weighted by atomic mass is 10.1. The maximum absolute atomic E-state index is 8.89. The normalized spacial score (nSPS) is 15.1. The fraction of sp³-hybridized carbons (Fsp3) is 0.0345. The summed E-state index contributed by atoms with van der Waals surface area (Å²) in [4.78, 5) is 33.8. The van der Waals surface area contributed by atoms with Crippen molar-refractivity contribution in [2.24, 2.45) is 30.0 Å². The predicted octanol–water partition coefficient (Wildman–Crippen LogP) is 8.18. The molecule has 0 saturated carbocycles. The highest BCUT2D eigenvalue weighted by atomic mass is 28.5. The molecule has 14 rings (SSSR count). The first kappa shape index (κ1) is 41.6. The molecule has 0 atom stereocenters. The topological polar surface area (TPSA) is 102 Å². The van der Waals surface area contributed by atoms with Crippen molar-refractivity contribution in [2.45, 2.75) is 13.1 Å². The van der Waals surface area contributed by atoms with Crippen LogP contribution in [-0.2, 0) is 8.23 Å². The van der Waals surface area contributed by atoms with Crippen molar-refractivity contribution in [1.29, 1.82) is 0 Å². The number of benzene rings is 8. The second-order valence-electron chi connectivity index (χ2n) is 18.4. The van der Waals surface area contributed by atoms with Crippen molar-refractivity contribution in [3.8, 4) is 0 Å². The van der Waals surface area contributed by atoms with Gasteiger partial charge >= 0.3 is 8.88 Å². The molecule has 338 valence electrons. The quantitative estimate of drug-likeness (QED) is 0.144. The van der Waals surface area contributed by atoms with Gasteiger partial charge in [0.15, 0.2) is 23.3 Å². The van der Waals surface area contributed by atoms with E-state index in [4.69, 9.17) is 38.2 Å². The first-order valence-electron chi connectivity index (χ1n) is 23.8. The van der Waals surface area contributed by atoms with Crippen molar-refractivity contribution in [3.63, 3.8) is 0 Å². The third kappa shape index (κ3) is 6.24. The van der Waals surface area contributed by atoms with Gasteiger partial charge in [0, 0.05) is 43.8 Å². The molecule has 0 aliphatic carbocycles. The van der Waals surface area contributed by atoms with Gasteiger partial charge in [-0.1, -0.05) is 218 Å². The summed E-state index contributed by atoms with van der Waals surface area (Å²) in [6.07, 6.45) is 0. The number of nitrogens with zero attached hydrogens (tertiary/aromatic N) is 8. The van der Waals surface area contributed by atoms with Gasteiger partial charge in [-0.3, -0.25) is 8.47 Å². The van der Waals surface area contributed by atoms with Gasteiger partial charge in [-0.15, -0.1) is 0 Å². The van der Waals surface area contributed by atoms with E-state index >= 15 is 0 Å². The summed E-state index contributed by atoms with van der Waals surface area (Å²) in [5, 5.41) is 7.69. The summed E-state index contributed by atoms with van der Waals surface area (Å²) < 4.78 is 22.3. The van der Waals surface area contributed by atoms with Gasteiger partial charge in [0.05, 0.1) is 0 Å². The molecule has 0 radical (unpaired) electrons. The summed E-state index contributed by atoms with van der Waals surface area (Å²) >= 11 is 0. The van der Waals surface area contributed by atoms with Crippen LogP contribution in [0, 0.1) is 0 Å². The van der Waals surface area contributed by atoms with Gasteiger partial charge in [0.25, 0.3) is 0 Å². The number of amidine groups is 4. The Labute approximate surface area is 412 Å². The smallest absolute Gasteiger partial charge is 0.395 e. The van der Waals surface area contributed by atoms with Gasteiger partial charge in [-0.2, -0.15) is 0 Å². The van der Waals surface area contributed by atoms with Crippen LogP contribution < -0.4 is 31.7 Å². The number of fused-ring (bicyclic) bond motifs is 14. The minimum absolute atomic E-state index is 0.538. The van der Waals surface area contributed by atoms with Crippen molar-refractivity contribution in [2.75, 3.05) is 0 Å². The Morgan fingerprint density at radius 1 is 0.310 bits per heavy atom. The fourth-order valence-electron chi connectivity index (χ4n) is 10.8. The maximum atomic E-state index is 8.89. The zero-order chi connectivity index (χ0) is 47.3. The molecule has 71 heavy (non-hydrogen) atoms. The Balaban J connectivity index is 1.28. The lowest BCUT2D eigenvalue weighted by Crippen LogP contribution is -2.77.